The summed E-state index contributed by atoms with van der Waals surface area (Å²) in [6.07, 6.45) is 7.47. The van der Waals surface area contributed by atoms with Gasteiger partial charge in [0.1, 0.15) is 0 Å². The zero-order chi connectivity index (χ0) is 18.6. The maximum absolute atomic E-state index is 2.54. The number of aryl methyl sites for hydroxylation is 4. The SMILES string of the molecule is Cc1ccc(C)c2c1C=C[CH]2[Zr+2][CH]1C(C(C)C)=Cc2c(C)ccc(C)c21.[Cl-].[Cl-]. The van der Waals surface area contributed by atoms with E-state index in [1.807, 2.05) is 0 Å². The van der Waals surface area contributed by atoms with E-state index in [4.69, 9.17) is 0 Å². The number of benzene rings is 2. The van der Waals surface area contributed by atoms with Crippen molar-refractivity contribution in [3.8, 4) is 0 Å². The molecule has 0 heterocycles. The second kappa shape index (κ2) is 9.03. The molecule has 0 spiro atoms. The monoisotopic (exact) mass is 488 g/mol. The van der Waals surface area contributed by atoms with Crippen molar-refractivity contribution < 1.29 is 48.0 Å². The van der Waals surface area contributed by atoms with E-state index < -0.39 is 23.2 Å². The summed E-state index contributed by atoms with van der Waals surface area (Å²) >= 11 is -0.723. The van der Waals surface area contributed by atoms with Gasteiger partial charge >= 0.3 is 171 Å². The van der Waals surface area contributed by atoms with Crippen LogP contribution in [0.3, 0.4) is 0 Å². The van der Waals surface area contributed by atoms with Crippen LogP contribution in [0.5, 0.6) is 0 Å². The van der Waals surface area contributed by atoms with Crippen LogP contribution in [0.15, 0.2) is 35.9 Å². The number of hydrogen-bond donors (Lipinski definition) is 0. The van der Waals surface area contributed by atoms with Crippen LogP contribution < -0.4 is 24.8 Å². The largest absolute Gasteiger partial charge is 1.00 e. The zero-order valence-electron chi connectivity index (χ0n) is 17.5. The minimum Gasteiger partial charge on any atom is -1.00 e. The average molecular weight is 491 g/mol. The number of allylic oxidation sites excluding steroid dienone is 2. The molecule has 3 heteroatoms. The maximum atomic E-state index is 2.54. The Morgan fingerprint density at radius 1 is 0.750 bits per heavy atom. The average Bonchev–Trinajstić information content (AvgIpc) is 3.19. The van der Waals surface area contributed by atoms with Gasteiger partial charge in [-0.3, -0.25) is 0 Å². The fourth-order valence-electron chi connectivity index (χ4n) is 4.62. The molecule has 28 heavy (non-hydrogen) atoms. The Morgan fingerprint density at radius 2 is 1.29 bits per heavy atom. The van der Waals surface area contributed by atoms with Crippen molar-refractivity contribution in [3.63, 3.8) is 0 Å². The van der Waals surface area contributed by atoms with E-state index in [0.29, 0.717) is 13.2 Å². The van der Waals surface area contributed by atoms with Gasteiger partial charge in [0.15, 0.2) is 0 Å². The summed E-state index contributed by atoms with van der Waals surface area (Å²) in [4.78, 5) is 0. The normalized spacial score (nSPS) is 18.8. The standard InChI is InChI=1S/C14H17.C11H11.2ClH.Zr/c1-9(2)12-7-13-10(3)5-6-11(4)14(13)8-12;1-8-6-7-9(2)11-5-3-4-10(8)11;;;/h5-9H,1-4H3;3-7H,1-2H3;2*1H;/q;;;;+2/p-2. The molecule has 0 bridgehead atoms. The van der Waals surface area contributed by atoms with Crippen LogP contribution in [0.25, 0.3) is 12.2 Å². The molecule has 2 aromatic carbocycles. The van der Waals surface area contributed by atoms with Crippen LogP contribution in [0, 0.1) is 33.6 Å². The summed E-state index contributed by atoms with van der Waals surface area (Å²) in [5, 5.41) is 0. The summed E-state index contributed by atoms with van der Waals surface area (Å²) in [7, 11) is 0. The van der Waals surface area contributed by atoms with Crippen LogP contribution in [0.1, 0.15) is 65.6 Å². The predicted octanol–water partition coefficient (Wildman–Crippen LogP) is 0.873. The molecule has 0 nitrogen and oxygen atoms in total. The molecular formula is C25H28Cl2Zr. The van der Waals surface area contributed by atoms with Crippen LogP contribution in [0.2, 0.25) is 0 Å². The smallest absolute Gasteiger partial charge is 1.00 e. The van der Waals surface area contributed by atoms with Gasteiger partial charge in [0.25, 0.3) is 0 Å². The number of rotatable bonds is 3. The van der Waals surface area contributed by atoms with Crippen LogP contribution in [-0.4, -0.2) is 0 Å². The Kier molecular flexibility index (Phi) is 7.63. The van der Waals surface area contributed by atoms with Gasteiger partial charge in [-0.05, 0) is 0 Å². The van der Waals surface area contributed by atoms with Crippen molar-refractivity contribution in [1.82, 2.24) is 0 Å². The van der Waals surface area contributed by atoms with E-state index in [0.717, 1.165) is 0 Å². The van der Waals surface area contributed by atoms with Gasteiger partial charge in [-0.1, -0.05) is 0 Å². The maximum Gasteiger partial charge on any atom is -1.00 e. The molecule has 2 unspecified atom stereocenters. The third kappa shape index (κ3) is 3.88. The van der Waals surface area contributed by atoms with Gasteiger partial charge in [0.05, 0.1) is 0 Å². The molecule has 0 amide bonds. The van der Waals surface area contributed by atoms with E-state index in [1.165, 1.54) is 33.4 Å². The fraction of sp³-hybridized carbons (Fsp3) is 0.360. The number of halogens is 2. The number of fused-ring (bicyclic) bond motifs is 2. The van der Waals surface area contributed by atoms with E-state index in [2.05, 4.69) is 84.0 Å². The predicted molar refractivity (Wildman–Crippen MR) is 109 cm³/mol. The minimum atomic E-state index is -0.723. The van der Waals surface area contributed by atoms with Crippen molar-refractivity contribution in [3.05, 3.63) is 80.4 Å². The molecule has 0 saturated heterocycles. The third-order valence-electron chi connectivity index (χ3n) is 6.16. The second-order valence-corrected chi connectivity index (χ2v) is 12.1. The van der Waals surface area contributed by atoms with Gasteiger partial charge in [-0.15, -0.1) is 0 Å². The Bertz CT molecular complexity index is 954. The second-order valence-electron chi connectivity index (χ2n) is 8.29. The van der Waals surface area contributed by atoms with Crippen molar-refractivity contribution in [2.24, 2.45) is 5.92 Å². The van der Waals surface area contributed by atoms with Gasteiger partial charge in [0, 0.05) is 0 Å². The number of hydrogen-bond acceptors (Lipinski definition) is 0. The van der Waals surface area contributed by atoms with Crippen LogP contribution in [0.4, 0.5) is 0 Å². The molecule has 2 aliphatic rings. The first-order chi connectivity index (χ1) is 12.4. The van der Waals surface area contributed by atoms with E-state index in [-0.39, 0.29) is 24.8 Å². The molecule has 0 saturated carbocycles. The molecule has 146 valence electrons. The molecule has 2 atom stereocenters. The van der Waals surface area contributed by atoms with Crippen molar-refractivity contribution in [2.45, 2.75) is 48.8 Å². The van der Waals surface area contributed by atoms with Gasteiger partial charge in [-0.25, -0.2) is 0 Å². The van der Waals surface area contributed by atoms with Crippen LogP contribution >= 0.6 is 0 Å². The van der Waals surface area contributed by atoms with Crippen molar-refractivity contribution in [1.29, 1.82) is 0 Å². The van der Waals surface area contributed by atoms with E-state index in [1.54, 1.807) is 16.7 Å². The van der Waals surface area contributed by atoms with Gasteiger partial charge in [-0.2, -0.15) is 0 Å². The molecule has 0 N–H and O–H groups in total. The Hall–Kier alpha value is -0.617. The first kappa shape index (κ1) is 23.7. The third-order valence-corrected chi connectivity index (χ3v) is 10.6. The molecule has 2 aromatic rings. The molecule has 2 aliphatic carbocycles. The Balaban J connectivity index is 0.00000140. The fourth-order valence-corrected chi connectivity index (χ4v) is 10.2. The summed E-state index contributed by atoms with van der Waals surface area (Å²) in [5.74, 6) is 0.635. The molecule has 4 rings (SSSR count). The Labute approximate surface area is 194 Å². The topological polar surface area (TPSA) is 0 Å². The molecule has 0 fully saturated rings. The summed E-state index contributed by atoms with van der Waals surface area (Å²) < 4.78 is 1.42. The summed E-state index contributed by atoms with van der Waals surface area (Å²) in [5.41, 5.74) is 13.9. The first-order valence-electron chi connectivity index (χ1n) is 9.74. The zero-order valence-corrected chi connectivity index (χ0v) is 21.5. The minimum absolute atomic E-state index is 0. The van der Waals surface area contributed by atoms with Crippen LogP contribution in [-0.2, 0) is 23.2 Å². The molecular weight excluding hydrogens is 462 g/mol. The quantitative estimate of drug-likeness (QED) is 0.599. The van der Waals surface area contributed by atoms with Crippen molar-refractivity contribution >= 4 is 12.2 Å². The molecule has 0 aromatic heterocycles. The van der Waals surface area contributed by atoms with Crippen molar-refractivity contribution in [2.75, 3.05) is 0 Å². The summed E-state index contributed by atoms with van der Waals surface area (Å²) in [6, 6.07) is 9.24. The summed E-state index contributed by atoms with van der Waals surface area (Å²) in [6.45, 7) is 13.9. The van der Waals surface area contributed by atoms with Gasteiger partial charge < -0.3 is 24.8 Å². The van der Waals surface area contributed by atoms with E-state index in [9.17, 15) is 0 Å². The Morgan fingerprint density at radius 3 is 1.89 bits per heavy atom. The first-order valence-corrected chi connectivity index (χ1v) is 12.6. The molecule has 0 aliphatic heterocycles. The molecule has 0 radical (unpaired) electrons. The van der Waals surface area contributed by atoms with E-state index >= 15 is 0 Å². The van der Waals surface area contributed by atoms with Gasteiger partial charge in [0.2, 0.25) is 0 Å².